The summed E-state index contributed by atoms with van der Waals surface area (Å²) in [6, 6.07) is 1.51. The van der Waals surface area contributed by atoms with Gasteiger partial charge in [-0.1, -0.05) is 30.7 Å². The molecule has 17 heavy (non-hydrogen) atoms. The van der Waals surface area contributed by atoms with Crippen LogP contribution in [0.4, 0.5) is 0 Å². The van der Waals surface area contributed by atoms with Crippen molar-refractivity contribution in [3.05, 3.63) is 29.0 Å². The maximum Gasteiger partial charge on any atom is 0.253 e. The van der Waals surface area contributed by atoms with E-state index in [2.05, 4.69) is 10.3 Å². The van der Waals surface area contributed by atoms with Gasteiger partial charge in [0.15, 0.2) is 0 Å². The second-order valence-electron chi connectivity index (χ2n) is 3.60. The number of carbonyl (C=O) groups excluding carboxylic acids is 1. The molecule has 1 unspecified atom stereocenters. The monoisotopic (exact) mass is 271 g/mol. The first kappa shape index (κ1) is 13.9. The number of rotatable bonds is 5. The van der Waals surface area contributed by atoms with Gasteiger partial charge in [0.25, 0.3) is 5.91 Å². The Hall–Kier alpha value is -1.20. The molecule has 1 aromatic heterocycles. The third-order valence-corrected chi connectivity index (χ3v) is 2.76. The molecule has 0 fully saturated rings. The number of aromatic nitrogens is 1. The average molecular weight is 272 g/mol. The fourth-order valence-corrected chi connectivity index (χ4v) is 1.77. The molecule has 6 heteroatoms. The molecule has 1 atom stereocenters. The van der Waals surface area contributed by atoms with Crippen LogP contribution in [0.5, 0.6) is 0 Å². The zero-order chi connectivity index (χ0) is 12.8. The molecule has 0 aliphatic rings. The molecular weight excluding hydrogens is 258 g/mol. The standard InChI is InChI=1S/C11H14ClN3OS/c1-2-7(5-10(13)17)15-11(16)8-3-4-14-6-9(8)12/h3-4,6-7H,2,5H2,1H3,(H2,13,17)(H,15,16). The first-order valence-electron chi connectivity index (χ1n) is 5.23. The van der Waals surface area contributed by atoms with E-state index in [1.807, 2.05) is 6.92 Å². The largest absolute Gasteiger partial charge is 0.393 e. The number of hydrogen-bond acceptors (Lipinski definition) is 3. The van der Waals surface area contributed by atoms with E-state index in [0.717, 1.165) is 6.42 Å². The number of nitrogens with one attached hydrogen (secondary N) is 1. The quantitative estimate of drug-likeness (QED) is 0.803. The Bertz CT molecular complexity index is 425. The van der Waals surface area contributed by atoms with Crippen LogP contribution >= 0.6 is 23.8 Å². The van der Waals surface area contributed by atoms with Crippen molar-refractivity contribution in [3.63, 3.8) is 0 Å². The molecule has 0 aromatic carbocycles. The van der Waals surface area contributed by atoms with Crippen LogP contribution in [0, 0.1) is 0 Å². The zero-order valence-electron chi connectivity index (χ0n) is 9.44. The lowest BCUT2D eigenvalue weighted by atomic mass is 10.1. The van der Waals surface area contributed by atoms with E-state index < -0.39 is 0 Å². The third kappa shape index (κ3) is 4.28. The molecule has 0 saturated carbocycles. The Kier molecular flexibility index (Phi) is 5.31. The van der Waals surface area contributed by atoms with Crippen LogP contribution in [0.25, 0.3) is 0 Å². The van der Waals surface area contributed by atoms with Gasteiger partial charge in [0.1, 0.15) is 0 Å². The minimum absolute atomic E-state index is 0.0655. The molecule has 1 amide bonds. The Labute approximate surface area is 111 Å². The Morgan fingerprint density at radius 3 is 2.94 bits per heavy atom. The topological polar surface area (TPSA) is 68.0 Å². The maximum atomic E-state index is 11.9. The van der Waals surface area contributed by atoms with Crippen molar-refractivity contribution in [2.75, 3.05) is 0 Å². The molecule has 1 rings (SSSR count). The van der Waals surface area contributed by atoms with Crippen LogP contribution in [0.2, 0.25) is 5.02 Å². The van der Waals surface area contributed by atoms with Gasteiger partial charge < -0.3 is 11.1 Å². The lowest BCUT2D eigenvalue weighted by Gasteiger charge is -2.16. The van der Waals surface area contributed by atoms with Crippen molar-refractivity contribution >= 4 is 34.7 Å². The van der Waals surface area contributed by atoms with Crippen molar-refractivity contribution in [3.8, 4) is 0 Å². The van der Waals surface area contributed by atoms with Crippen molar-refractivity contribution < 1.29 is 4.79 Å². The van der Waals surface area contributed by atoms with Gasteiger partial charge in [-0.15, -0.1) is 0 Å². The summed E-state index contributed by atoms with van der Waals surface area (Å²) >= 11 is 10.7. The molecule has 4 nitrogen and oxygen atoms in total. The lowest BCUT2D eigenvalue weighted by Crippen LogP contribution is -2.37. The second-order valence-corrected chi connectivity index (χ2v) is 4.54. The van der Waals surface area contributed by atoms with Crippen LogP contribution in [0.15, 0.2) is 18.5 Å². The molecule has 0 spiro atoms. The molecule has 1 aromatic rings. The summed E-state index contributed by atoms with van der Waals surface area (Å²) in [4.78, 5) is 16.1. The predicted molar refractivity (Wildman–Crippen MR) is 72.2 cm³/mol. The lowest BCUT2D eigenvalue weighted by molar-refractivity contribution is 0.0937. The molecular formula is C11H14ClN3OS. The van der Waals surface area contributed by atoms with E-state index in [0.29, 0.717) is 22.0 Å². The third-order valence-electron chi connectivity index (χ3n) is 2.29. The number of nitrogens with two attached hydrogens (primary N) is 1. The van der Waals surface area contributed by atoms with Crippen molar-refractivity contribution in [2.45, 2.75) is 25.8 Å². The van der Waals surface area contributed by atoms with Crippen molar-refractivity contribution in [1.82, 2.24) is 10.3 Å². The minimum atomic E-state index is -0.236. The summed E-state index contributed by atoms with van der Waals surface area (Å²) in [6.45, 7) is 1.96. The van der Waals surface area contributed by atoms with Gasteiger partial charge in [-0.25, -0.2) is 0 Å². The summed E-state index contributed by atoms with van der Waals surface area (Å²) < 4.78 is 0. The highest BCUT2D eigenvalue weighted by Crippen LogP contribution is 2.13. The van der Waals surface area contributed by atoms with Crippen LogP contribution < -0.4 is 11.1 Å². The van der Waals surface area contributed by atoms with Crippen LogP contribution in [0.1, 0.15) is 30.1 Å². The van der Waals surface area contributed by atoms with E-state index in [4.69, 9.17) is 29.6 Å². The van der Waals surface area contributed by atoms with Crippen LogP contribution in [-0.2, 0) is 0 Å². The van der Waals surface area contributed by atoms with Crippen molar-refractivity contribution in [1.29, 1.82) is 0 Å². The second kappa shape index (κ2) is 6.51. The summed E-state index contributed by atoms with van der Waals surface area (Å²) in [5.74, 6) is -0.236. The zero-order valence-corrected chi connectivity index (χ0v) is 11.0. The summed E-state index contributed by atoms with van der Waals surface area (Å²) in [5, 5.41) is 3.17. The summed E-state index contributed by atoms with van der Waals surface area (Å²) in [6.07, 6.45) is 4.20. The fraction of sp³-hybridized carbons (Fsp3) is 0.364. The first-order valence-corrected chi connectivity index (χ1v) is 6.02. The summed E-state index contributed by atoms with van der Waals surface area (Å²) in [7, 11) is 0. The van der Waals surface area contributed by atoms with Gasteiger partial charge in [0.05, 0.1) is 15.6 Å². The number of halogens is 1. The van der Waals surface area contributed by atoms with Gasteiger partial charge in [0.2, 0.25) is 0 Å². The first-order chi connectivity index (χ1) is 8.04. The number of thiocarbonyl (C=S) groups is 1. The molecule has 0 saturated heterocycles. The van der Waals surface area contributed by atoms with Gasteiger partial charge in [0, 0.05) is 24.9 Å². The van der Waals surface area contributed by atoms with E-state index in [1.54, 1.807) is 6.07 Å². The highest BCUT2D eigenvalue weighted by atomic mass is 35.5. The van der Waals surface area contributed by atoms with E-state index in [1.165, 1.54) is 12.4 Å². The minimum Gasteiger partial charge on any atom is -0.393 e. The normalized spacial score (nSPS) is 11.9. The molecule has 3 N–H and O–H groups in total. The predicted octanol–water partition coefficient (Wildman–Crippen LogP) is 1.92. The SMILES string of the molecule is CCC(CC(N)=S)NC(=O)c1ccncc1Cl. The number of nitrogens with zero attached hydrogens (tertiary/aromatic N) is 1. The Balaban J connectivity index is 2.71. The number of hydrogen-bond donors (Lipinski definition) is 2. The van der Waals surface area contributed by atoms with Crippen LogP contribution in [0.3, 0.4) is 0 Å². The Morgan fingerprint density at radius 1 is 1.71 bits per heavy atom. The maximum absolute atomic E-state index is 11.9. The molecule has 0 bridgehead atoms. The van der Waals surface area contributed by atoms with Gasteiger partial charge in [-0.3, -0.25) is 9.78 Å². The fourth-order valence-electron chi connectivity index (χ4n) is 1.36. The summed E-state index contributed by atoms with van der Waals surface area (Å²) in [5.41, 5.74) is 5.86. The molecule has 0 aliphatic heterocycles. The molecule has 92 valence electrons. The van der Waals surface area contributed by atoms with Crippen LogP contribution in [-0.4, -0.2) is 21.9 Å². The smallest absolute Gasteiger partial charge is 0.253 e. The number of amides is 1. The number of carbonyl (C=O) groups is 1. The van der Waals surface area contributed by atoms with Gasteiger partial charge in [-0.05, 0) is 12.5 Å². The molecule has 0 radical (unpaired) electrons. The number of pyridine rings is 1. The molecule has 0 aliphatic carbocycles. The highest BCUT2D eigenvalue weighted by Gasteiger charge is 2.15. The van der Waals surface area contributed by atoms with Gasteiger partial charge in [-0.2, -0.15) is 0 Å². The Morgan fingerprint density at radius 2 is 2.41 bits per heavy atom. The van der Waals surface area contributed by atoms with Crippen molar-refractivity contribution in [2.24, 2.45) is 5.73 Å². The van der Waals surface area contributed by atoms with E-state index in [-0.39, 0.29) is 11.9 Å². The molecule has 1 heterocycles. The highest BCUT2D eigenvalue weighted by molar-refractivity contribution is 7.80. The van der Waals surface area contributed by atoms with E-state index >= 15 is 0 Å². The van der Waals surface area contributed by atoms with E-state index in [9.17, 15) is 4.79 Å². The van der Waals surface area contributed by atoms with Gasteiger partial charge >= 0.3 is 0 Å². The average Bonchev–Trinajstić information content (AvgIpc) is 2.27.